The van der Waals surface area contributed by atoms with Crippen LogP contribution in [0.3, 0.4) is 0 Å². The Hall–Kier alpha value is -3.88. The van der Waals surface area contributed by atoms with Crippen molar-refractivity contribution in [2.75, 3.05) is 25.0 Å². The highest BCUT2D eigenvalue weighted by Gasteiger charge is 2.24. The van der Waals surface area contributed by atoms with Crippen LogP contribution in [0.5, 0.6) is 0 Å². The number of amides is 3. The number of benzene rings is 2. The Balaban J connectivity index is 1.60. The molecule has 0 radical (unpaired) electrons. The maximum Gasteiger partial charge on any atom is 0.251 e. The van der Waals surface area contributed by atoms with E-state index in [1.54, 1.807) is 12.1 Å². The molecular weight excluding hydrogens is 408 g/mol. The molecule has 1 heterocycles. The van der Waals surface area contributed by atoms with Gasteiger partial charge in [-0.15, -0.1) is 0 Å². The van der Waals surface area contributed by atoms with Crippen LogP contribution in [-0.2, 0) is 16.1 Å². The van der Waals surface area contributed by atoms with E-state index in [0.29, 0.717) is 37.6 Å². The van der Waals surface area contributed by atoms with Gasteiger partial charge in [-0.3, -0.25) is 14.4 Å². The maximum atomic E-state index is 12.0. The van der Waals surface area contributed by atoms with Gasteiger partial charge in [0.2, 0.25) is 11.8 Å². The van der Waals surface area contributed by atoms with E-state index < -0.39 is 5.91 Å². The van der Waals surface area contributed by atoms with Crippen molar-refractivity contribution < 1.29 is 14.4 Å². The van der Waals surface area contributed by atoms with E-state index in [9.17, 15) is 14.4 Å². The highest BCUT2D eigenvalue weighted by molar-refractivity contribution is 5.96. The topological polar surface area (TPSA) is 138 Å². The van der Waals surface area contributed by atoms with Crippen LogP contribution in [-0.4, -0.2) is 43.3 Å². The third-order valence-electron chi connectivity index (χ3n) is 5.03. The standard InChI is InChI=1S/C23H28N6O3/c1-2-25-23(28-13-17-11-21(31)29-19-6-4-3-5-18(17)19)27-12-15-7-9-16(10-8-15)22(32)26-14-20(24)30/h3-10,17H,2,11-14H2,1H3,(H2,24,30)(H,26,32)(H,29,31)(H2,25,27,28). The number of anilines is 1. The smallest absolute Gasteiger partial charge is 0.251 e. The number of rotatable bonds is 8. The molecule has 9 nitrogen and oxygen atoms in total. The van der Waals surface area contributed by atoms with Gasteiger partial charge in [0, 0.05) is 36.7 Å². The highest BCUT2D eigenvalue weighted by Crippen LogP contribution is 2.31. The van der Waals surface area contributed by atoms with Crippen LogP contribution in [0.15, 0.2) is 53.5 Å². The van der Waals surface area contributed by atoms with Crippen LogP contribution in [0, 0.1) is 0 Å². The zero-order valence-corrected chi connectivity index (χ0v) is 18.0. The lowest BCUT2D eigenvalue weighted by molar-refractivity contribution is -0.117. The Kier molecular flexibility index (Phi) is 7.80. The highest BCUT2D eigenvalue weighted by atomic mass is 16.2. The molecule has 1 unspecified atom stereocenters. The molecule has 2 aromatic rings. The number of primary amides is 1. The minimum atomic E-state index is -0.592. The van der Waals surface area contributed by atoms with Crippen molar-refractivity contribution in [3.63, 3.8) is 0 Å². The average Bonchev–Trinajstić information content (AvgIpc) is 2.79. The molecule has 0 spiro atoms. The molecule has 0 saturated carbocycles. The fourth-order valence-electron chi connectivity index (χ4n) is 3.45. The van der Waals surface area contributed by atoms with Crippen molar-refractivity contribution >= 4 is 29.4 Å². The zero-order chi connectivity index (χ0) is 22.9. The number of para-hydroxylation sites is 1. The van der Waals surface area contributed by atoms with E-state index in [1.807, 2.05) is 43.3 Å². The van der Waals surface area contributed by atoms with Gasteiger partial charge in [0.1, 0.15) is 0 Å². The second-order valence-electron chi connectivity index (χ2n) is 7.46. The molecule has 6 N–H and O–H groups in total. The van der Waals surface area contributed by atoms with Crippen LogP contribution in [0.25, 0.3) is 0 Å². The summed E-state index contributed by atoms with van der Waals surface area (Å²) in [5.74, 6) is -0.227. The van der Waals surface area contributed by atoms with Crippen molar-refractivity contribution in [1.29, 1.82) is 0 Å². The van der Waals surface area contributed by atoms with E-state index in [4.69, 9.17) is 5.73 Å². The van der Waals surface area contributed by atoms with Gasteiger partial charge in [-0.1, -0.05) is 30.3 Å². The first-order chi connectivity index (χ1) is 15.5. The molecule has 0 aliphatic carbocycles. The van der Waals surface area contributed by atoms with Gasteiger partial charge in [-0.2, -0.15) is 0 Å². The summed E-state index contributed by atoms with van der Waals surface area (Å²) in [5, 5.41) is 11.9. The van der Waals surface area contributed by atoms with Crippen LogP contribution in [0.2, 0.25) is 0 Å². The van der Waals surface area contributed by atoms with Crippen molar-refractivity contribution in [3.05, 3.63) is 65.2 Å². The Morgan fingerprint density at radius 1 is 1.09 bits per heavy atom. The molecule has 0 aromatic heterocycles. The Bertz CT molecular complexity index is 1000. The molecule has 1 aliphatic rings. The Morgan fingerprint density at radius 3 is 2.56 bits per heavy atom. The van der Waals surface area contributed by atoms with Crippen LogP contribution in [0.4, 0.5) is 5.69 Å². The van der Waals surface area contributed by atoms with Crippen molar-refractivity contribution in [3.8, 4) is 0 Å². The lowest BCUT2D eigenvalue weighted by atomic mass is 9.90. The lowest BCUT2D eigenvalue weighted by Gasteiger charge is -2.26. The summed E-state index contributed by atoms with van der Waals surface area (Å²) in [7, 11) is 0. The van der Waals surface area contributed by atoms with Gasteiger partial charge in [-0.25, -0.2) is 4.99 Å². The molecule has 32 heavy (non-hydrogen) atoms. The Labute approximate surface area is 186 Å². The average molecular weight is 437 g/mol. The molecule has 1 aliphatic heterocycles. The molecule has 0 saturated heterocycles. The predicted molar refractivity (Wildman–Crippen MR) is 123 cm³/mol. The summed E-state index contributed by atoms with van der Waals surface area (Å²) >= 11 is 0. The summed E-state index contributed by atoms with van der Waals surface area (Å²) in [6.07, 6.45) is 0.419. The number of hydrogen-bond donors (Lipinski definition) is 5. The first-order valence-corrected chi connectivity index (χ1v) is 10.5. The van der Waals surface area contributed by atoms with Crippen LogP contribution in [0.1, 0.15) is 40.7 Å². The first kappa shape index (κ1) is 22.8. The number of nitrogens with zero attached hydrogens (tertiary/aromatic N) is 1. The number of carbonyl (C=O) groups is 3. The van der Waals surface area contributed by atoms with E-state index in [0.717, 1.165) is 16.8 Å². The van der Waals surface area contributed by atoms with Gasteiger partial charge in [0.25, 0.3) is 5.91 Å². The van der Waals surface area contributed by atoms with E-state index in [1.165, 1.54) is 0 Å². The largest absolute Gasteiger partial charge is 0.368 e. The quantitative estimate of drug-likeness (QED) is 0.311. The number of nitrogens with two attached hydrogens (primary N) is 1. The fraction of sp³-hybridized carbons (Fsp3) is 0.304. The minimum absolute atomic E-state index is 0.0115. The summed E-state index contributed by atoms with van der Waals surface area (Å²) in [4.78, 5) is 39.4. The number of guanidine groups is 1. The summed E-state index contributed by atoms with van der Waals surface area (Å²) < 4.78 is 0. The summed E-state index contributed by atoms with van der Waals surface area (Å²) in [6, 6.07) is 14.8. The van der Waals surface area contributed by atoms with Crippen molar-refractivity contribution in [1.82, 2.24) is 16.0 Å². The van der Waals surface area contributed by atoms with E-state index in [-0.39, 0.29) is 24.3 Å². The predicted octanol–water partition coefficient (Wildman–Crippen LogP) is 1.08. The molecule has 3 rings (SSSR count). The third kappa shape index (κ3) is 6.31. The summed E-state index contributed by atoms with van der Waals surface area (Å²) in [5.41, 5.74) is 8.38. The molecule has 1 atom stereocenters. The molecule has 2 aromatic carbocycles. The van der Waals surface area contributed by atoms with E-state index in [2.05, 4.69) is 26.3 Å². The fourth-order valence-corrected chi connectivity index (χ4v) is 3.45. The molecule has 9 heteroatoms. The van der Waals surface area contributed by atoms with Gasteiger partial charge < -0.3 is 27.0 Å². The molecule has 0 fully saturated rings. The number of aliphatic imine (C=N–C) groups is 1. The molecule has 3 amide bonds. The maximum absolute atomic E-state index is 12.0. The SMILES string of the molecule is CCNC(=NCc1ccc(C(=O)NCC(N)=O)cc1)NCC1CC(=O)Nc2ccccc21. The van der Waals surface area contributed by atoms with Crippen LogP contribution >= 0.6 is 0 Å². The van der Waals surface area contributed by atoms with Crippen molar-refractivity contribution in [2.24, 2.45) is 10.7 Å². The summed E-state index contributed by atoms with van der Waals surface area (Å²) in [6.45, 7) is 3.48. The first-order valence-electron chi connectivity index (χ1n) is 10.5. The number of fused-ring (bicyclic) bond motifs is 1. The van der Waals surface area contributed by atoms with Crippen LogP contribution < -0.4 is 27.0 Å². The molecule has 168 valence electrons. The molecular formula is C23H28N6O3. The lowest BCUT2D eigenvalue weighted by Crippen LogP contribution is -2.40. The van der Waals surface area contributed by atoms with Crippen molar-refractivity contribution in [2.45, 2.75) is 25.8 Å². The van der Waals surface area contributed by atoms with Gasteiger partial charge in [-0.05, 0) is 36.2 Å². The second-order valence-corrected chi connectivity index (χ2v) is 7.46. The minimum Gasteiger partial charge on any atom is -0.368 e. The number of nitrogens with one attached hydrogen (secondary N) is 4. The Morgan fingerprint density at radius 2 is 1.84 bits per heavy atom. The third-order valence-corrected chi connectivity index (χ3v) is 5.03. The monoisotopic (exact) mass is 436 g/mol. The molecule has 0 bridgehead atoms. The van der Waals surface area contributed by atoms with E-state index >= 15 is 0 Å². The van der Waals surface area contributed by atoms with Gasteiger partial charge >= 0.3 is 0 Å². The van der Waals surface area contributed by atoms with Gasteiger partial charge in [0.15, 0.2) is 5.96 Å². The number of hydrogen-bond acceptors (Lipinski definition) is 4. The normalized spacial score (nSPS) is 15.3. The second kappa shape index (κ2) is 10.9. The number of carbonyl (C=O) groups excluding carboxylic acids is 3. The van der Waals surface area contributed by atoms with Gasteiger partial charge in [0.05, 0.1) is 13.1 Å². The zero-order valence-electron chi connectivity index (χ0n) is 18.0.